The molecular weight excluding hydrogens is 270 g/mol. The minimum absolute atomic E-state index is 0.0261. The fraction of sp³-hybridized carbons (Fsp3) is 0.400. The van der Waals surface area contributed by atoms with Gasteiger partial charge in [0.1, 0.15) is 0 Å². The van der Waals surface area contributed by atoms with Crippen LogP contribution in [0.1, 0.15) is 37.8 Å². The molecule has 0 fully saturated rings. The Hall–Kier alpha value is -2.21. The average Bonchev–Trinajstić information content (AvgIpc) is 2.93. The van der Waals surface area contributed by atoms with Gasteiger partial charge in [0, 0.05) is 6.07 Å². The summed E-state index contributed by atoms with van der Waals surface area (Å²) in [5.74, 6) is 0.968. The molecule has 0 spiro atoms. The summed E-state index contributed by atoms with van der Waals surface area (Å²) < 4.78 is 5.72. The molecule has 6 heteroatoms. The SMILES string of the molecule is CCCNC(C)c1ncc(-c2c(C)cccc2[N+](=O)[O-])o1. The lowest BCUT2D eigenvalue weighted by molar-refractivity contribution is -0.384. The van der Waals surface area contributed by atoms with E-state index in [0.717, 1.165) is 18.5 Å². The molecule has 0 saturated carbocycles. The number of benzene rings is 1. The molecule has 0 radical (unpaired) electrons. The smallest absolute Gasteiger partial charge is 0.280 e. The zero-order valence-corrected chi connectivity index (χ0v) is 12.4. The standard InChI is InChI=1S/C15H19N3O3/c1-4-8-16-11(3)15-17-9-13(21-15)14-10(2)6-5-7-12(14)18(19)20/h5-7,9,11,16H,4,8H2,1-3H3. The van der Waals surface area contributed by atoms with Crippen LogP contribution in [-0.4, -0.2) is 16.5 Å². The van der Waals surface area contributed by atoms with Gasteiger partial charge in [-0.25, -0.2) is 4.98 Å². The van der Waals surface area contributed by atoms with Crippen molar-refractivity contribution >= 4 is 5.69 Å². The number of aryl methyl sites for hydroxylation is 1. The van der Waals surface area contributed by atoms with Gasteiger partial charge < -0.3 is 9.73 Å². The number of hydrogen-bond donors (Lipinski definition) is 1. The van der Waals surface area contributed by atoms with E-state index in [-0.39, 0.29) is 11.7 Å². The first-order valence-electron chi connectivity index (χ1n) is 6.98. The first kappa shape index (κ1) is 15.2. The van der Waals surface area contributed by atoms with Crippen LogP contribution in [0.2, 0.25) is 0 Å². The fourth-order valence-corrected chi connectivity index (χ4v) is 2.18. The van der Waals surface area contributed by atoms with Crippen molar-refractivity contribution in [1.29, 1.82) is 0 Å². The number of nitrogens with one attached hydrogen (secondary N) is 1. The second-order valence-electron chi connectivity index (χ2n) is 4.96. The predicted molar refractivity (Wildman–Crippen MR) is 80.0 cm³/mol. The van der Waals surface area contributed by atoms with Gasteiger partial charge in [-0.3, -0.25) is 10.1 Å². The number of nitro benzene ring substituents is 1. The topological polar surface area (TPSA) is 81.2 Å². The normalized spacial score (nSPS) is 12.3. The number of hydrogen-bond acceptors (Lipinski definition) is 5. The van der Waals surface area contributed by atoms with Crippen molar-refractivity contribution in [1.82, 2.24) is 10.3 Å². The zero-order valence-electron chi connectivity index (χ0n) is 12.4. The third-order valence-corrected chi connectivity index (χ3v) is 3.29. The van der Waals surface area contributed by atoms with Crippen LogP contribution in [0.15, 0.2) is 28.8 Å². The van der Waals surface area contributed by atoms with Crippen molar-refractivity contribution in [2.45, 2.75) is 33.2 Å². The van der Waals surface area contributed by atoms with E-state index in [9.17, 15) is 10.1 Å². The summed E-state index contributed by atoms with van der Waals surface area (Å²) in [6.07, 6.45) is 2.57. The van der Waals surface area contributed by atoms with E-state index in [1.54, 1.807) is 12.3 Å². The summed E-state index contributed by atoms with van der Waals surface area (Å²) in [6, 6.07) is 4.94. The molecule has 1 aromatic carbocycles. The molecular formula is C15H19N3O3. The van der Waals surface area contributed by atoms with E-state index >= 15 is 0 Å². The average molecular weight is 289 g/mol. The highest BCUT2D eigenvalue weighted by Gasteiger charge is 2.21. The van der Waals surface area contributed by atoms with Crippen LogP contribution in [0, 0.1) is 17.0 Å². The minimum atomic E-state index is -0.400. The molecule has 2 rings (SSSR count). The van der Waals surface area contributed by atoms with Crippen molar-refractivity contribution in [2.24, 2.45) is 0 Å². The van der Waals surface area contributed by atoms with Gasteiger partial charge in [-0.15, -0.1) is 0 Å². The molecule has 6 nitrogen and oxygen atoms in total. The van der Waals surface area contributed by atoms with Gasteiger partial charge in [-0.05, 0) is 32.4 Å². The lowest BCUT2D eigenvalue weighted by Gasteiger charge is -2.08. The lowest BCUT2D eigenvalue weighted by Crippen LogP contribution is -2.19. The molecule has 0 aliphatic heterocycles. The Morgan fingerprint density at radius 3 is 2.90 bits per heavy atom. The van der Waals surface area contributed by atoms with E-state index in [1.165, 1.54) is 6.07 Å². The summed E-state index contributed by atoms with van der Waals surface area (Å²) in [5, 5.41) is 14.4. The Morgan fingerprint density at radius 1 is 1.48 bits per heavy atom. The molecule has 1 N–H and O–H groups in total. The third-order valence-electron chi connectivity index (χ3n) is 3.29. The summed E-state index contributed by atoms with van der Waals surface area (Å²) in [7, 11) is 0. The summed E-state index contributed by atoms with van der Waals surface area (Å²) in [4.78, 5) is 15.0. The van der Waals surface area contributed by atoms with Crippen molar-refractivity contribution < 1.29 is 9.34 Å². The Morgan fingerprint density at radius 2 is 2.24 bits per heavy atom. The van der Waals surface area contributed by atoms with Gasteiger partial charge in [0.25, 0.3) is 5.69 Å². The zero-order chi connectivity index (χ0) is 15.4. The quantitative estimate of drug-likeness (QED) is 0.648. The number of nitrogens with zero attached hydrogens (tertiary/aromatic N) is 2. The molecule has 0 aliphatic rings. The summed E-state index contributed by atoms with van der Waals surface area (Å²) in [5.41, 5.74) is 1.32. The molecule has 1 aromatic heterocycles. The van der Waals surface area contributed by atoms with Gasteiger partial charge in [-0.1, -0.05) is 19.1 Å². The maximum Gasteiger partial charge on any atom is 0.280 e. The first-order chi connectivity index (χ1) is 10.0. The summed E-state index contributed by atoms with van der Waals surface area (Å²) >= 11 is 0. The van der Waals surface area contributed by atoms with Gasteiger partial charge in [0.05, 0.1) is 22.7 Å². The van der Waals surface area contributed by atoms with E-state index < -0.39 is 4.92 Å². The monoisotopic (exact) mass is 289 g/mol. The maximum atomic E-state index is 11.2. The van der Waals surface area contributed by atoms with Crippen LogP contribution in [0.25, 0.3) is 11.3 Å². The van der Waals surface area contributed by atoms with E-state index in [2.05, 4.69) is 17.2 Å². The van der Waals surface area contributed by atoms with Crippen molar-refractivity contribution in [3.63, 3.8) is 0 Å². The van der Waals surface area contributed by atoms with Crippen LogP contribution in [0.4, 0.5) is 5.69 Å². The molecule has 0 amide bonds. The van der Waals surface area contributed by atoms with E-state index in [1.807, 2.05) is 19.9 Å². The van der Waals surface area contributed by atoms with E-state index in [0.29, 0.717) is 17.2 Å². The Balaban J connectivity index is 2.36. The third kappa shape index (κ3) is 3.28. The van der Waals surface area contributed by atoms with Gasteiger partial charge in [0.2, 0.25) is 5.89 Å². The number of oxazole rings is 1. The second-order valence-corrected chi connectivity index (χ2v) is 4.96. The number of rotatable bonds is 6. The molecule has 21 heavy (non-hydrogen) atoms. The number of nitro groups is 1. The highest BCUT2D eigenvalue weighted by Crippen LogP contribution is 2.33. The molecule has 1 unspecified atom stereocenters. The van der Waals surface area contributed by atoms with Gasteiger partial charge >= 0.3 is 0 Å². The van der Waals surface area contributed by atoms with Crippen molar-refractivity contribution in [3.8, 4) is 11.3 Å². The molecule has 0 saturated heterocycles. The lowest BCUT2D eigenvalue weighted by atomic mass is 10.1. The maximum absolute atomic E-state index is 11.2. The molecule has 112 valence electrons. The molecule has 1 heterocycles. The van der Waals surface area contributed by atoms with Crippen LogP contribution in [0.5, 0.6) is 0 Å². The van der Waals surface area contributed by atoms with Crippen LogP contribution in [0.3, 0.4) is 0 Å². The molecule has 2 aromatic rings. The van der Waals surface area contributed by atoms with Gasteiger partial charge in [-0.2, -0.15) is 0 Å². The Labute approximate surface area is 123 Å². The highest BCUT2D eigenvalue weighted by atomic mass is 16.6. The molecule has 0 bridgehead atoms. The molecule has 1 atom stereocenters. The summed E-state index contributed by atoms with van der Waals surface area (Å²) in [6.45, 7) is 6.72. The number of aromatic nitrogens is 1. The Kier molecular flexibility index (Phi) is 4.70. The van der Waals surface area contributed by atoms with Crippen molar-refractivity contribution in [2.75, 3.05) is 6.54 Å². The Bertz CT molecular complexity index is 637. The van der Waals surface area contributed by atoms with Crippen LogP contribution < -0.4 is 5.32 Å². The van der Waals surface area contributed by atoms with E-state index in [4.69, 9.17) is 4.42 Å². The fourth-order valence-electron chi connectivity index (χ4n) is 2.18. The van der Waals surface area contributed by atoms with Crippen LogP contribution >= 0.6 is 0 Å². The highest BCUT2D eigenvalue weighted by molar-refractivity contribution is 5.72. The van der Waals surface area contributed by atoms with Crippen molar-refractivity contribution in [3.05, 3.63) is 46.0 Å². The van der Waals surface area contributed by atoms with Gasteiger partial charge in [0.15, 0.2) is 5.76 Å². The minimum Gasteiger partial charge on any atom is -0.439 e. The largest absolute Gasteiger partial charge is 0.439 e. The predicted octanol–water partition coefficient (Wildman–Crippen LogP) is 3.62. The molecule has 0 aliphatic carbocycles. The second kappa shape index (κ2) is 6.49. The first-order valence-corrected chi connectivity index (χ1v) is 6.98. The van der Waals surface area contributed by atoms with Crippen LogP contribution in [-0.2, 0) is 0 Å².